The van der Waals surface area contributed by atoms with Gasteiger partial charge in [-0.1, -0.05) is 56.9 Å². The summed E-state index contributed by atoms with van der Waals surface area (Å²) in [6.45, 7) is 5.06. The van der Waals surface area contributed by atoms with E-state index in [1.165, 1.54) is 56.9 Å². The van der Waals surface area contributed by atoms with Crippen molar-refractivity contribution < 1.29 is 4.74 Å². The van der Waals surface area contributed by atoms with Crippen LogP contribution in [0.3, 0.4) is 0 Å². The lowest BCUT2D eigenvalue weighted by Gasteiger charge is -2.26. The Balaban J connectivity index is 1.61. The van der Waals surface area contributed by atoms with Crippen LogP contribution in [0, 0.1) is 11.8 Å². The highest BCUT2D eigenvalue weighted by Crippen LogP contribution is 2.32. The van der Waals surface area contributed by atoms with Crippen molar-refractivity contribution in [3.05, 3.63) is 42.0 Å². The third kappa shape index (κ3) is 7.11. The maximum atomic E-state index is 5.49. The third-order valence-corrected chi connectivity index (χ3v) is 5.35. The summed E-state index contributed by atoms with van der Waals surface area (Å²) in [5.41, 5.74) is 1.41. The number of benzene rings is 1. The highest BCUT2D eigenvalue weighted by molar-refractivity contribution is 5.27. The molecule has 0 unspecified atom stereocenters. The Labute approximate surface area is 149 Å². The van der Waals surface area contributed by atoms with Crippen LogP contribution >= 0.6 is 0 Å². The molecule has 0 amide bonds. The molecule has 0 N–H and O–H groups in total. The van der Waals surface area contributed by atoms with Gasteiger partial charge in [-0.05, 0) is 75.0 Å². The minimum Gasteiger partial charge on any atom is -0.494 e. The van der Waals surface area contributed by atoms with Crippen LogP contribution in [0.25, 0.3) is 0 Å². The van der Waals surface area contributed by atoms with E-state index in [-0.39, 0.29) is 0 Å². The predicted molar refractivity (Wildman–Crippen MR) is 105 cm³/mol. The zero-order valence-corrected chi connectivity index (χ0v) is 15.8. The van der Waals surface area contributed by atoms with Crippen molar-refractivity contribution in [1.29, 1.82) is 0 Å². The predicted octanol–water partition coefficient (Wildman–Crippen LogP) is 6.96. The van der Waals surface area contributed by atoms with Crippen molar-refractivity contribution in [2.24, 2.45) is 11.8 Å². The van der Waals surface area contributed by atoms with Crippen molar-refractivity contribution in [3.63, 3.8) is 0 Å². The van der Waals surface area contributed by atoms with Gasteiger partial charge in [0.1, 0.15) is 5.75 Å². The first-order valence-electron chi connectivity index (χ1n) is 10.2. The molecule has 1 nitrogen and oxygen atoms in total. The second kappa shape index (κ2) is 11.3. The Morgan fingerprint density at radius 2 is 1.75 bits per heavy atom. The van der Waals surface area contributed by atoms with Crippen LogP contribution in [-0.2, 0) is 6.42 Å². The molecule has 1 saturated carbocycles. The van der Waals surface area contributed by atoms with E-state index < -0.39 is 0 Å². The summed E-state index contributed by atoms with van der Waals surface area (Å²) in [5, 5.41) is 0. The molecule has 1 aliphatic rings. The van der Waals surface area contributed by atoms with Crippen molar-refractivity contribution in [2.45, 2.75) is 78.1 Å². The monoisotopic (exact) mass is 328 g/mol. The molecule has 0 saturated heterocycles. The van der Waals surface area contributed by atoms with Gasteiger partial charge in [0.15, 0.2) is 0 Å². The molecule has 1 aromatic carbocycles. The highest BCUT2D eigenvalue weighted by atomic mass is 16.5. The molecule has 0 atom stereocenters. The zero-order valence-electron chi connectivity index (χ0n) is 15.8. The number of rotatable bonds is 10. The van der Waals surface area contributed by atoms with Crippen LogP contribution in [0.4, 0.5) is 0 Å². The van der Waals surface area contributed by atoms with Crippen molar-refractivity contribution in [2.75, 3.05) is 6.61 Å². The van der Waals surface area contributed by atoms with Gasteiger partial charge in [-0.25, -0.2) is 0 Å². The molecule has 24 heavy (non-hydrogen) atoms. The summed E-state index contributed by atoms with van der Waals surface area (Å²) in [6.07, 6.45) is 18.6. The number of hydrogen-bond donors (Lipinski definition) is 0. The van der Waals surface area contributed by atoms with Crippen LogP contribution in [-0.4, -0.2) is 6.61 Å². The minimum atomic E-state index is 0.739. The fraction of sp³-hybridized carbons (Fsp3) is 0.652. The van der Waals surface area contributed by atoms with E-state index in [0.717, 1.165) is 37.0 Å². The number of hydrogen-bond acceptors (Lipinski definition) is 1. The van der Waals surface area contributed by atoms with Crippen LogP contribution < -0.4 is 4.74 Å². The minimum absolute atomic E-state index is 0.739. The van der Waals surface area contributed by atoms with Crippen LogP contribution in [0.15, 0.2) is 36.4 Å². The molecule has 0 spiro atoms. The van der Waals surface area contributed by atoms with E-state index in [4.69, 9.17) is 4.74 Å². The fourth-order valence-electron chi connectivity index (χ4n) is 3.81. The molecule has 134 valence electrons. The Morgan fingerprint density at radius 1 is 1.00 bits per heavy atom. The molecule has 0 heterocycles. The molecule has 1 heteroatoms. The first-order chi connectivity index (χ1) is 11.8. The van der Waals surface area contributed by atoms with Crippen molar-refractivity contribution >= 4 is 0 Å². The lowest BCUT2D eigenvalue weighted by atomic mass is 9.79. The lowest BCUT2D eigenvalue weighted by molar-refractivity contribution is 0.289. The molecular weight excluding hydrogens is 292 g/mol. The second-order valence-electron chi connectivity index (χ2n) is 7.32. The first-order valence-corrected chi connectivity index (χ1v) is 10.2. The van der Waals surface area contributed by atoms with E-state index in [2.05, 4.69) is 43.3 Å². The second-order valence-corrected chi connectivity index (χ2v) is 7.32. The van der Waals surface area contributed by atoms with Crippen LogP contribution in [0.5, 0.6) is 5.75 Å². The van der Waals surface area contributed by atoms with E-state index in [0.29, 0.717) is 0 Å². The zero-order chi connectivity index (χ0) is 17.0. The van der Waals surface area contributed by atoms with Gasteiger partial charge in [0.05, 0.1) is 6.61 Å². The fourth-order valence-corrected chi connectivity index (χ4v) is 3.81. The number of allylic oxidation sites excluding steroid dienone is 2. The Kier molecular flexibility index (Phi) is 9.02. The molecule has 1 aromatic rings. The van der Waals surface area contributed by atoms with E-state index in [9.17, 15) is 0 Å². The average Bonchev–Trinajstić information content (AvgIpc) is 2.62. The summed E-state index contributed by atoms with van der Waals surface area (Å²) < 4.78 is 5.49. The van der Waals surface area contributed by atoms with Gasteiger partial charge < -0.3 is 4.74 Å². The SMILES string of the molecule is CCCCCC1CCC(C=CCCc2ccc(OCC)cc2)CC1. The molecule has 1 aliphatic carbocycles. The van der Waals surface area contributed by atoms with Crippen molar-refractivity contribution in [3.8, 4) is 5.75 Å². The summed E-state index contributed by atoms with van der Waals surface area (Å²) in [6, 6.07) is 8.56. The topological polar surface area (TPSA) is 9.23 Å². The first kappa shape index (κ1) is 19.1. The van der Waals surface area contributed by atoms with E-state index in [1.54, 1.807) is 0 Å². The molecular formula is C23H36O. The van der Waals surface area contributed by atoms with Gasteiger partial charge in [0.25, 0.3) is 0 Å². The largest absolute Gasteiger partial charge is 0.494 e. The molecule has 0 bridgehead atoms. The molecule has 1 fully saturated rings. The van der Waals surface area contributed by atoms with Gasteiger partial charge in [-0.15, -0.1) is 0 Å². The molecule has 2 rings (SSSR count). The standard InChI is InChI=1S/C23H36O/c1-3-5-6-9-20-12-14-21(15-13-20)10-7-8-11-22-16-18-23(19-17-22)24-4-2/h7,10,16-21H,3-6,8-9,11-15H2,1-2H3. The number of unbranched alkanes of at least 4 members (excludes halogenated alkanes) is 2. The number of ether oxygens (including phenoxy) is 1. The van der Waals surface area contributed by atoms with Gasteiger partial charge in [-0.3, -0.25) is 0 Å². The van der Waals surface area contributed by atoms with E-state index >= 15 is 0 Å². The molecule has 0 aromatic heterocycles. The lowest BCUT2D eigenvalue weighted by Crippen LogP contribution is -2.13. The van der Waals surface area contributed by atoms with Crippen LogP contribution in [0.2, 0.25) is 0 Å². The average molecular weight is 329 g/mol. The summed E-state index contributed by atoms with van der Waals surface area (Å²) in [7, 11) is 0. The summed E-state index contributed by atoms with van der Waals surface area (Å²) >= 11 is 0. The number of aryl methyl sites for hydroxylation is 1. The maximum absolute atomic E-state index is 5.49. The highest BCUT2D eigenvalue weighted by Gasteiger charge is 2.18. The summed E-state index contributed by atoms with van der Waals surface area (Å²) in [4.78, 5) is 0. The van der Waals surface area contributed by atoms with E-state index in [1.807, 2.05) is 6.92 Å². The van der Waals surface area contributed by atoms with Crippen LogP contribution in [0.1, 0.15) is 77.2 Å². The van der Waals surface area contributed by atoms with Gasteiger partial charge >= 0.3 is 0 Å². The van der Waals surface area contributed by atoms with Gasteiger partial charge in [-0.2, -0.15) is 0 Å². The summed E-state index contributed by atoms with van der Waals surface area (Å²) in [5.74, 6) is 2.84. The van der Waals surface area contributed by atoms with Gasteiger partial charge in [0.2, 0.25) is 0 Å². The Bertz CT molecular complexity index is 451. The molecule has 0 aliphatic heterocycles. The Morgan fingerprint density at radius 3 is 2.42 bits per heavy atom. The Hall–Kier alpha value is -1.24. The molecule has 0 radical (unpaired) electrons. The quantitative estimate of drug-likeness (QED) is 0.333. The smallest absolute Gasteiger partial charge is 0.119 e. The van der Waals surface area contributed by atoms with Crippen molar-refractivity contribution in [1.82, 2.24) is 0 Å². The van der Waals surface area contributed by atoms with Gasteiger partial charge in [0, 0.05) is 0 Å². The normalized spacial score (nSPS) is 21.2. The third-order valence-electron chi connectivity index (χ3n) is 5.35. The maximum Gasteiger partial charge on any atom is 0.119 e.